The molecule has 56 valence electrons. The van der Waals surface area contributed by atoms with Crippen LogP contribution in [0.1, 0.15) is 32.5 Å². The molecule has 1 heterocycles. The molecule has 3 nitrogen and oxygen atoms in total. The van der Waals surface area contributed by atoms with Crippen LogP contribution in [-0.2, 0) is 6.54 Å². The Morgan fingerprint density at radius 3 is 2.70 bits per heavy atom. The summed E-state index contributed by atoms with van der Waals surface area (Å²) in [6.07, 6.45) is 1.61. The van der Waals surface area contributed by atoms with Crippen molar-refractivity contribution in [1.82, 2.24) is 14.8 Å². The van der Waals surface area contributed by atoms with Gasteiger partial charge in [-0.15, -0.1) is 0 Å². The zero-order valence-corrected chi connectivity index (χ0v) is 6.70. The molecule has 3 heteroatoms. The lowest BCUT2D eigenvalue weighted by Crippen LogP contribution is -2.04. The molecule has 1 aromatic rings. The summed E-state index contributed by atoms with van der Waals surface area (Å²) in [5.74, 6) is 1.55. The van der Waals surface area contributed by atoms with Gasteiger partial charge in [0.15, 0.2) is 0 Å². The van der Waals surface area contributed by atoms with E-state index in [0.717, 1.165) is 12.4 Å². The van der Waals surface area contributed by atoms with Gasteiger partial charge < -0.3 is 0 Å². The predicted octanol–water partition coefficient (Wildman–Crippen LogP) is 1.42. The molecule has 1 aromatic heterocycles. The van der Waals surface area contributed by atoms with E-state index in [1.165, 1.54) is 0 Å². The summed E-state index contributed by atoms with van der Waals surface area (Å²) in [6.45, 7) is 7.22. The number of rotatable bonds is 2. The van der Waals surface area contributed by atoms with Crippen LogP contribution < -0.4 is 0 Å². The van der Waals surface area contributed by atoms with Gasteiger partial charge >= 0.3 is 0 Å². The van der Waals surface area contributed by atoms with Gasteiger partial charge in [0.05, 0.1) is 0 Å². The molecule has 0 spiro atoms. The fraction of sp³-hybridized carbons (Fsp3) is 0.714. The third-order valence-electron chi connectivity index (χ3n) is 1.46. The zero-order valence-electron chi connectivity index (χ0n) is 6.70. The Hall–Kier alpha value is -0.860. The van der Waals surface area contributed by atoms with Crippen molar-refractivity contribution < 1.29 is 0 Å². The Morgan fingerprint density at radius 1 is 1.60 bits per heavy atom. The van der Waals surface area contributed by atoms with Crippen molar-refractivity contribution in [2.24, 2.45) is 0 Å². The molecule has 0 radical (unpaired) electrons. The highest BCUT2D eigenvalue weighted by Gasteiger charge is 2.05. The Morgan fingerprint density at radius 2 is 2.30 bits per heavy atom. The first-order valence-corrected chi connectivity index (χ1v) is 3.63. The lowest BCUT2D eigenvalue weighted by atomic mass is 10.2. The molecule has 0 aliphatic carbocycles. The van der Waals surface area contributed by atoms with Crippen molar-refractivity contribution in [2.75, 3.05) is 0 Å². The van der Waals surface area contributed by atoms with Crippen molar-refractivity contribution in [3.8, 4) is 0 Å². The molecule has 0 aliphatic rings. The van der Waals surface area contributed by atoms with Gasteiger partial charge in [0, 0.05) is 12.5 Å². The lowest BCUT2D eigenvalue weighted by Gasteiger charge is -2.04. The van der Waals surface area contributed by atoms with Gasteiger partial charge in [0.1, 0.15) is 12.2 Å². The van der Waals surface area contributed by atoms with Gasteiger partial charge in [-0.2, -0.15) is 5.10 Å². The average Bonchev–Trinajstić information content (AvgIpc) is 2.33. The van der Waals surface area contributed by atoms with Crippen LogP contribution >= 0.6 is 0 Å². The largest absolute Gasteiger partial charge is 0.250 e. The van der Waals surface area contributed by atoms with Gasteiger partial charge in [-0.3, -0.25) is 4.68 Å². The van der Waals surface area contributed by atoms with Gasteiger partial charge in [0.2, 0.25) is 0 Å². The molecule has 0 aromatic carbocycles. The molecule has 10 heavy (non-hydrogen) atoms. The number of hydrogen-bond donors (Lipinski definition) is 0. The van der Waals surface area contributed by atoms with E-state index in [1.54, 1.807) is 6.33 Å². The molecule has 1 rings (SSSR count). The monoisotopic (exact) mass is 139 g/mol. The van der Waals surface area contributed by atoms with Gasteiger partial charge in [-0.05, 0) is 6.92 Å². The highest BCUT2D eigenvalue weighted by atomic mass is 15.3. The van der Waals surface area contributed by atoms with E-state index in [9.17, 15) is 0 Å². The van der Waals surface area contributed by atoms with Crippen molar-refractivity contribution in [3.05, 3.63) is 12.2 Å². The van der Waals surface area contributed by atoms with E-state index in [4.69, 9.17) is 0 Å². The molecule has 0 fully saturated rings. The Kier molecular flexibility index (Phi) is 2.04. The highest BCUT2D eigenvalue weighted by Crippen LogP contribution is 2.08. The van der Waals surface area contributed by atoms with Crippen molar-refractivity contribution in [3.63, 3.8) is 0 Å². The topological polar surface area (TPSA) is 30.7 Å². The van der Waals surface area contributed by atoms with E-state index < -0.39 is 0 Å². The quantitative estimate of drug-likeness (QED) is 0.620. The summed E-state index contributed by atoms with van der Waals surface area (Å²) in [4.78, 5) is 4.14. The van der Waals surface area contributed by atoms with E-state index in [2.05, 4.69) is 30.9 Å². The van der Waals surface area contributed by atoms with Crippen LogP contribution in [0.3, 0.4) is 0 Å². The fourth-order valence-electron chi connectivity index (χ4n) is 0.964. The second-order valence-corrected chi connectivity index (χ2v) is 2.59. The molecule has 0 saturated carbocycles. The fourth-order valence-corrected chi connectivity index (χ4v) is 0.964. The number of hydrogen-bond acceptors (Lipinski definition) is 2. The molecule has 0 amide bonds. The maximum atomic E-state index is 4.14. The maximum Gasteiger partial charge on any atom is 0.138 e. The lowest BCUT2D eigenvalue weighted by molar-refractivity contribution is 0.589. The standard InChI is InChI=1S/C7H13N3/c1-4-10-7(6(2)3)8-5-9-10/h5-6H,4H2,1-3H3. The smallest absolute Gasteiger partial charge is 0.138 e. The van der Waals surface area contributed by atoms with E-state index >= 15 is 0 Å². The van der Waals surface area contributed by atoms with Gasteiger partial charge in [0.25, 0.3) is 0 Å². The van der Waals surface area contributed by atoms with E-state index in [1.807, 2.05) is 4.68 Å². The first-order chi connectivity index (χ1) is 4.75. The van der Waals surface area contributed by atoms with Crippen LogP contribution in [0.25, 0.3) is 0 Å². The first-order valence-electron chi connectivity index (χ1n) is 3.63. The maximum absolute atomic E-state index is 4.14. The third-order valence-corrected chi connectivity index (χ3v) is 1.46. The Balaban J connectivity index is 2.90. The number of aryl methyl sites for hydroxylation is 1. The van der Waals surface area contributed by atoms with Crippen LogP contribution in [0.4, 0.5) is 0 Å². The third kappa shape index (κ3) is 1.17. The van der Waals surface area contributed by atoms with Gasteiger partial charge in [-0.25, -0.2) is 4.98 Å². The molecule has 0 saturated heterocycles. The SMILES string of the molecule is CCn1ncnc1C(C)C. The van der Waals surface area contributed by atoms with Crippen LogP contribution in [0.15, 0.2) is 6.33 Å². The van der Waals surface area contributed by atoms with E-state index in [-0.39, 0.29) is 0 Å². The summed E-state index contributed by atoms with van der Waals surface area (Å²) in [5, 5.41) is 4.06. The zero-order chi connectivity index (χ0) is 7.56. The molecule has 0 bridgehead atoms. The van der Waals surface area contributed by atoms with Crippen LogP contribution in [0.2, 0.25) is 0 Å². The first kappa shape index (κ1) is 7.25. The molecular formula is C7H13N3. The van der Waals surface area contributed by atoms with Crippen LogP contribution in [-0.4, -0.2) is 14.8 Å². The molecular weight excluding hydrogens is 126 g/mol. The summed E-state index contributed by atoms with van der Waals surface area (Å²) in [5.41, 5.74) is 0. The molecule has 0 atom stereocenters. The normalized spacial score (nSPS) is 10.8. The van der Waals surface area contributed by atoms with Crippen LogP contribution in [0, 0.1) is 0 Å². The molecule has 0 unspecified atom stereocenters. The summed E-state index contributed by atoms with van der Waals surface area (Å²) >= 11 is 0. The second-order valence-electron chi connectivity index (χ2n) is 2.59. The predicted molar refractivity (Wildman–Crippen MR) is 39.8 cm³/mol. The van der Waals surface area contributed by atoms with Crippen molar-refractivity contribution in [2.45, 2.75) is 33.2 Å². The molecule has 0 aliphatic heterocycles. The summed E-state index contributed by atoms with van der Waals surface area (Å²) in [7, 11) is 0. The minimum absolute atomic E-state index is 0.474. The Bertz CT molecular complexity index is 202. The highest BCUT2D eigenvalue weighted by molar-refractivity contribution is 4.90. The second kappa shape index (κ2) is 2.82. The average molecular weight is 139 g/mol. The van der Waals surface area contributed by atoms with E-state index in [0.29, 0.717) is 5.92 Å². The number of nitrogens with zero attached hydrogens (tertiary/aromatic N) is 3. The van der Waals surface area contributed by atoms with Gasteiger partial charge in [-0.1, -0.05) is 13.8 Å². The Labute approximate surface area is 61.1 Å². The minimum Gasteiger partial charge on any atom is -0.250 e. The van der Waals surface area contributed by atoms with Crippen LogP contribution in [0.5, 0.6) is 0 Å². The van der Waals surface area contributed by atoms with Crippen molar-refractivity contribution in [1.29, 1.82) is 0 Å². The minimum atomic E-state index is 0.474. The molecule has 0 N–H and O–H groups in total. The van der Waals surface area contributed by atoms with Crippen molar-refractivity contribution >= 4 is 0 Å². The summed E-state index contributed by atoms with van der Waals surface area (Å²) in [6, 6.07) is 0. The summed E-state index contributed by atoms with van der Waals surface area (Å²) < 4.78 is 1.92. The number of aromatic nitrogens is 3.